The minimum Gasteiger partial charge on any atom is -0.619 e. The maximum atomic E-state index is 12.6. The van der Waals surface area contributed by atoms with Crippen LogP contribution < -0.4 is 10.0 Å². The number of rotatable bonds is 3. The van der Waals surface area contributed by atoms with E-state index in [-0.39, 0.29) is 12.1 Å². The van der Waals surface area contributed by atoms with Gasteiger partial charge in [0.1, 0.15) is 0 Å². The number of carbonyl (C=O) groups is 1. The van der Waals surface area contributed by atoms with Crippen LogP contribution in [0, 0.1) is 5.21 Å². The van der Waals surface area contributed by atoms with Crippen LogP contribution in [0.2, 0.25) is 0 Å². The largest absolute Gasteiger partial charge is 0.619 e. The van der Waals surface area contributed by atoms with Gasteiger partial charge in [-0.1, -0.05) is 12.1 Å². The predicted octanol–water partition coefficient (Wildman–Crippen LogP) is 2.27. The number of benzene rings is 1. The van der Waals surface area contributed by atoms with Gasteiger partial charge < -0.3 is 10.5 Å². The lowest BCUT2D eigenvalue weighted by Crippen LogP contribution is -2.27. The number of alkyl halides is 3. The molecule has 1 aromatic heterocycles. The molecule has 2 rings (SSSR count). The summed E-state index contributed by atoms with van der Waals surface area (Å²) in [5.74, 6) is -0.465. The Hall–Kier alpha value is -2.57. The number of amides is 1. The van der Waals surface area contributed by atoms with Crippen LogP contribution in [0.15, 0.2) is 48.8 Å². The van der Waals surface area contributed by atoms with Gasteiger partial charge in [-0.05, 0) is 17.7 Å². The van der Waals surface area contributed by atoms with Gasteiger partial charge in [-0.25, -0.2) is 0 Å². The van der Waals surface area contributed by atoms with Crippen molar-refractivity contribution < 1.29 is 22.7 Å². The molecule has 7 heteroatoms. The highest BCUT2D eigenvalue weighted by molar-refractivity contribution is 5.93. The van der Waals surface area contributed by atoms with Gasteiger partial charge in [-0.2, -0.15) is 17.9 Å². The number of hydrogen-bond acceptors (Lipinski definition) is 2. The second-order valence-corrected chi connectivity index (χ2v) is 4.33. The van der Waals surface area contributed by atoms with Crippen LogP contribution in [0.1, 0.15) is 21.5 Å². The van der Waals surface area contributed by atoms with Crippen molar-refractivity contribution in [2.45, 2.75) is 12.7 Å². The summed E-state index contributed by atoms with van der Waals surface area (Å²) in [4.78, 5) is 11.8. The Bertz CT molecular complexity index is 639. The summed E-state index contributed by atoms with van der Waals surface area (Å²) >= 11 is 0. The van der Waals surface area contributed by atoms with Crippen LogP contribution in [-0.4, -0.2) is 5.91 Å². The maximum Gasteiger partial charge on any atom is 0.416 e. The first kappa shape index (κ1) is 14.8. The molecule has 1 N–H and O–H groups in total. The van der Waals surface area contributed by atoms with Gasteiger partial charge in [0.05, 0.1) is 11.1 Å². The topological polar surface area (TPSA) is 56.0 Å². The smallest absolute Gasteiger partial charge is 0.416 e. The van der Waals surface area contributed by atoms with Gasteiger partial charge in [0, 0.05) is 18.7 Å². The molecule has 4 nitrogen and oxygen atoms in total. The fourth-order valence-corrected chi connectivity index (χ4v) is 1.71. The Morgan fingerprint density at radius 3 is 2.48 bits per heavy atom. The number of nitrogens with one attached hydrogen (secondary N) is 1. The summed E-state index contributed by atoms with van der Waals surface area (Å²) in [7, 11) is 0. The third kappa shape index (κ3) is 3.95. The molecule has 0 aliphatic carbocycles. The van der Waals surface area contributed by atoms with Gasteiger partial charge in [-0.3, -0.25) is 4.79 Å². The number of hydrogen-bond donors (Lipinski definition) is 1. The van der Waals surface area contributed by atoms with Crippen LogP contribution >= 0.6 is 0 Å². The highest BCUT2D eigenvalue weighted by Gasteiger charge is 2.30. The average Bonchev–Trinajstić information content (AvgIpc) is 2.45. The average molecular weight is 296 g/mol. The Morgan fingerprint density at radius 1 is 1.19 bits per heavy atom. The number of nitrogens with zero attached hydrogens (tertiary/aromatic N) is 1. The minimum absolute atomic E-state index is 0.0327. The summed E-state index contributed by atoms with van der Waals surface area (Å²) in [5.41, 5.74) is -0.163. The van der Waals surface area contributed by atoms with Crippen LogP contribution in [0.25, 0.3) is 0 Å². The van der Waals surface area contributed by atoms with Crippen LogP contribution in [-0.2, 0) is 12.7 Å². The van der Waals surface area contributed by atoms with Crippen LogP contribution in [0.5, 0.6) is 0 Å². The Kier molecular flexibility index (Phi) is 4.11. The zero-order chi connectivity index (χ0) is 15.5. The number of aromatic nitrogens is 1. The second-order valence-electron chi connectivity index (χ2n) is 4.33. The van der Waals surface area contributed by atoms with Crippen molar-refractivity contribution in [3.63, 3.8) is 0 Å². The fraction of sp³-hybridized carbons (Fsp3) is 0.143. The molecule has 1 heterocycles. The first-order valence-corrected chi connectivity index (χ1v) is 5.99. The predicted molar refractivity (Wildman–Crippen MR) is 68.0 cm³/mol. The molecule has 0 fully saturated rings. The van der Waals surface area contributed by atoms with Crippen molar-refractivity contribution in [3.8, 4) is 0 Å². The van der Waals surface area contributed by atoms with E-state index in [9.17, 15) is 23.2 Å². The molecule has 0 radical (unpaired) electrons. The van der Waals surface area contributed by atoms with E-state index < -0.39 is 17.6 Å². The Labute approximate surface area is 118 Å². The SMILES string of the molecule is O=C(NCc1cccc(C(F)(F)F)c1)c1cc[n+]([O-])cc1. The van der Waals surface area contributed by atoms with Crippen molar-refractivity contribution in [2.75, 3.05) is 0 Å². The lowest BCUT2D eigenvalue weighted by atomic mass is 10.1. The summed E-state index contributed by atoms with van der Waals surface area (Å²) in [5, 5.41) is 13.3. The van der Waals surface area contributed by atoms with E-state index in [1.54, 1.807) is 0 Å². The molecule has 0 saturated carbocycles. The molecule has 0 aliphatic heterocycles. The zero-order valence-electron chi connectivity index (χ0n) is 10.7. The van der Waals surface area contributed by atoms with Crippen LogP contribution in [0.3, 0.4) is 0 Å². The molecule has 0 unspecified atom stereocenters. The number of pyridine rings is 1. The molecule has 1 aromatic carbocycles. The summed E-state index contributed by atoms with van der Waals surface area (Å²) < 4.78 is 38.2. The van der Waals surface area contributed by atoms with Crippen molar-refractivity contribution in [1.29, 1.82) is 0 Å². The molecule has 110 valence electrons. The van der Waals surface area contributed by atoms with E-state index in [1.165, 1.54) is 36.7 Å². The molecule has 0 atom stereocenters. The first-order chi connectivity index (χ1) is 9.86. The molecule has 2 aromatic rings. The molecule has 21 heavy (non-hydrogen) atoms. The second kappa shape index (κ2) is 5.82. The van der Waals surface area contributed by atoms with Crippen LogP contribution in [0.4, 0.5) is 13.2 Å². The highest BCUT2D eigenvalue weighted by atomic mass is 19.4. The summed E-state index contributed by atoms with van der Waals surface area (Å²) in [6, 6.07) is 7.38. The minimum atomic E-state index is -4.42. The molecule has 1 amide bonds. The monoisotopic (exact) mass is 296 g/mol. The third-order valence-electron chi connectivity index (χ3n) is 2.77. The van der Waals surface area contributed by atoms with Gasteiger partial charge in [-0.15, -0.1) is 0 Å². The molecular weight excluding hydrogens is 285 g/mol. The lowest BCUT2D eigenvalue weighted by Gasteiger charge is -2.09. The Balaban J connectivity index is 2.03. The third-order valence-corrected chi connectivity index (χ3v) is 2.77. The van der Waals surface area contributed by atoms with E-state index in [1.807, 2.05) is 0 Å². The van der Waals surface area contributed by atoms with E-state index in [0.29, 0.717) is 10.3 Å². The number of carbonyl (C=O) groups excluding carboxylic acids is 1. The van der Waals surface area contributed by atoms with Gasteiger partial charge >= 0.3 is 6.18 Å². The molecular formula is C14H11F3N2O2. The standard InChI is InChI=1S/C14H11F3N2O2/c15-14(16,17)12-3-1-2-10(8-12)9-18-13(20)11-4-6-19(21)7-5-11/h1-8H,9H2,(H,18,20). The van der Waals surface area contributed by atoms with Gasteiger partial charge in [0.25, 0.3) is 5.91 Å². The number of halogens is 3. The quantitative estimate of drug-likeness (QED) is 0.698. The molecule has 0 spiro atoms. The van der Waals surface area contributed by atoms with E-state index in [0.717, 1.165) is 12.1 Å². The van der Waals surface area contributed by atoms with E-state index in [4.69, 9.17) is 0 Å². The normalized spacial score (nSPS) is 11.2. The highest BCUT2D eigenvalue weighted by Crippen LogP contribution is 2.29. The van der Waals surface area contributed by atoms with Gasteiger partial charge in [0.2, 0.25) is 0 Å². The van der Waals surface area contributed by atoms with Gasteiger partial charge in [0.15, 0.2) is 12.4 Å². The van der Waals surface area contributed by atoms with Crippen molar-refractivity contribution in [2.24, 2.45) is 0 Å². The Morgan fingerprint density at radius 2 is 1.86 bits per heavy atom. The van der Waals surface area contributed by atoms with E-state index >= 15 is 0 Å². The molecule has 0 aliphatic rings. The van der Waals surface area contributed by atoms with Crippen molar-refractivity contribution in [1.82, 2.24) is 5.32 Å². The fourth-order valence-electron chi connectivity index (χ4n) is 1.71. The first-order valence-electron chi connectivity index (χ1n) is 5.99. The molecule has 0 saturated heterocycles. The lowest BCUT2D eigenvalue weighted by molar-refractivity contribution is -0.605. The zero-order valence-corrected chi connectivity index (χ0v) is 10.7. The summed E-state index contributed by atoms with van der Waals surface area (Å²) in [6.45, 7) is -0.0327. The molecule has 0 bridgehead atoms. The van der Waals surface area contributed by atoms with Crippen molar-refractivity contribution in [3.05, 3.63) is 70.7 Å². The maximum absolute atomic E-state index is 12.6. The summed E-state index contributed by atoms with van der Waals surface area (Å²) in [6.07, 6.45) is -2.08. The van der Waals surface area contributed by atoms with Crippen molar-refractivity contribution >= 4 is 5.91 Å². The van der Waals surface area contributed by atoms with E-state index in [2.05, 4.69) is 5.32 Å².